The average molecular weight is 380 g/mol. The van der Waals surface area contributed by atoms with Gasteiger partial charge in [-0.25, -0.2) is 4.79 Å². The van der Waals surface area contributed by atoms with Gasteiger partial charge in [-0.15, -0.1) is 10.2 Å². The molecule has 0 fully saturated rings. The minimum atomic E-state index is -1.31. The summed E-state index contributed by atoms with van der Waals surface area (Å²) < 4.78 is 0.144. The topological polar surface area (TPSA) is 171 Å². The van der Waals surface area contributed by atoms with Crippen LogP contribution in [0.5, 0.6) is 0 Å². The molecule has 0 bridgehead atoms. The molecule has 0 unspecified atom stereocenters. The number of H-pyrrole nitrogens is 1. The van der Waals surface area contributed by atoms with Crippen LogP contribution in [0, 0.1) is 21.4 Å². The molecule has 2 aromatic rings. The van der Waals surface area contributed by atoms with Crippen LogP contribution < -0.4 is 5.32 Å². The first-order valence-electron chi connectivity index (χ1n) is 5.76. The number of carboxylic acids is 1. The number of hydrogen-bond donors (Lipinski definition) is 3. The molecule has 1 heterocycles. The monoisotopic (exact) mass is 379 g/mol. The Kier molecular flexibility index (Phi) is 4.62. The maximum Gasteiger partial charge on any atom is 0.335 e. The molecule has 23 heavy (non-hydrogen) atoms. The van der Waals surface area contributed by atoms with Gasteiger partial charge in [-0.05, 0) is 27.2 Å². The van der Waals surface area contributed by atoms with Crippen LogP contribution in [0.2, 0.25) is 0 Å². The second-order valence-electron chi connectivity index (χ2n) is 3.96. The molecule has 0 radical (unpaired) electrons. The molecule has 0 saturated heterocycles. The number of rotatable bonds is 5. The van der Waals surface area contributed by atoms with E-state index in [4.69, 9.17) is 10.4 Å². The van der Waals surface area contributed by atoms with Gasteiger partial charge in [0.15, 0.2) is 0 Å². The standard InChI is InChI=1S/C11H6BrN7O4/c12-7-1-5(11(20)21)2-8(19(22)23)9(7)14-4-6(3-13)10-15-17-18-16-10/h1-2,4,14H,(H,20,21)(H,15,16,17,18). The van der Waals surface area contributed by atoms with E-state index in [1.807, 2.05) is 0 Å². The minimum absolute atomic E-state index is 0.000863. The Balaban J connectivity index is 2.45. The zero-order valence-electron chi connectivity index (χ0n) is 11.0. The summed E-state index contributed by atoms with van der Waals surface area (Å²) in [6.45, 7) is 0. The highest BCUT2D eigenvalue weighted by molar-refractivity contribution is 9.10. The third kappa shape index (κ3) is 3.47. The van der Waals surface area contributed by atoms with E-state index < -0.39 is 16.6 Å². The molecule has 0 spiro atoms. The number of anilines is 1. The lowest BCUT2D eigenvalue weighted by molar-refractivity contribution is -0.384. The number of allylic oxidation sites excluding steroid dienone is 1. The summed E-state index contributed by atoms with van der Waals surface area (Å²) in [6, 6.07) is 3.91. The predicted octanol–water partition coefficient (Wildman–Crippen LogP) is 1.55. The molecule has 11 nitrogen and oxygen atoms in total. The smallest absolute Gasteiger partial charge is 0.335 e. The van der Waals surface area contributed by atoms with Crippen molar-refractivity contribution in [2.45, 2.75) is 0 Å². The van der Waals surface area contributed by atoms with Gasteiger partial charge >= 0.3 is 5.97 Å². The Morgan fingerprint density at radius 3 is 2.83 bits per heavy atom. The van der Waals surface area contributed by atoms with Gasteiger partial charge in [0.25, 0.3) is 5.69 Å². The van der Waals surface area contributed by atoms with E-state index >= 15 is 0 Å². The lowest BCUT2D eigenvalue weighted by atomic mass is 10.1. The van der Waals surface area contributed by atoms with Crippen molar-refractivity contribution in [1.29, 1.82) is 5.26 Å². The van der Waals surface area contributed by atoms with Gasteiger partial charge in [0.05, 0.1) is 10.5 Å². The number of aromatic amines is 1. The van der Waals surface area contributed by atoms with Crippen LogP contribution >= 0.6 is 15.9 Å². The van der Waals surface area contributed by atoms with Gasteiger partial charge in [-0.1, -0.05) is 0 Å². The average Bonchev–Trinajstić information content (AvgIpc) is 3.02. The first-order chi connectivity index (χ1) is 10.9. The maximum atomic E-state index is 11.1. The lowest BCUT2D eigenvalue weighted by Gasteiger charge is -2.07. The van der Waals surface area contributed by atoms with Crippen LogP contribution in [0.1, 0.15) is 16.2 Å². The molecule has 0 atom stereocenters. The molecule has 2 rings (SSSR count). The van der Waals surface area contributed by atoms with Crippen molar-refractivity contribution in [3.05, 3.63) is 44.3 Å². The van der Waals surface area contributed by atoms with E-state index in [2.05, 4.69) is 41.9 Å². The lowest BCUT2D eigenvalue weighted by Crippen LogP contribution is -2.03. The third-order valence-corrected chi connectivity index (χ3v) is 3.21. The molecule has 0 aliphatic carbocycles. The summed E-state index contributed by atoms with van der Waals surface area (Å²) >= 11 is 3.06. The first-order valence-corrected chi connectivity index (χ1v) is 6.55. The molecule has 0 aliphatic rings. The molecule has 0 aliphatic heterocycles. The van der Waals surface area contributed by atoms with E-state index in [1.54, 1.807) is 6.07 Å². The van der Waals surface area contributed by atoms with Crippen molar-refractivity contribution in [3.8, 4) is 6.07 Å². The number of tetrazole rings is 1. The molecule has 1 aromatic carbocycles. The van der Waals surface area contributed by atoms with E-state index in [1.165, 1.54) is 6.07 Å². The van der Waals surface area contributed by atoms with E-state index in [9.17, 15) is 14.9 Å². The number of nitriles is 1. The van der Waals surface area contributed by atoms with Gasteiger partial charge in [-0.3, -0.25) is 10.1 Å². The molecule has 0 saturated carbocycles. The number of nitro groups is 1. The number of nitrogens with zero attached hydrogens (tertiary/aromatic N) is 5. The predicted molar refractivity (Wildman–Crippen MR) is 79.1 cm³/mol. The highest BCUT2D eigenvalue weighted by Crippen LogP contribution is 2.34. The Bertz CT molecular complexity index is 841. The van der Waals surface area contributed by atoms with Gasteiger partial charge in [0.1, 0.15) is 17.3 Å². The number of hydrogen-bond acceptors (Lipinski definition) is 8. The number of carboxylic acid groups (broad SMARTS) is 1. The fourth-order valence-electron chi connectivity index (χ4n) is 1.57. The van der Waals surface area contributed by atoms with Gasteiger partial charge < -0.3 is 10.4 Å². The summed E-state index contributed by atoms with van der Waals surface area (Å²) in [6.07, 6.45) is 1.15. The maximum absolute atomic E-state index is 11.1. The Morgan fingerprint density at radius 2 is 2.30 bits per heavy atom. The second kappa shape index (κ2) is 6.62. The van der Waals surface area contributed by atoms with E-state index in [-0.39, 0.29) is 27.1 Å². The van der Waals surface area contributed by atoms with Gasteiger partial charge in [0, 0.05) is 16.7 Å². The Morgan fingerprint density at radius 1 is 1.57 bits per heavy atom. The molecular weight excluding hydrogens is 374 g/mol. The Labute approximate surface area is 135 Å². The first kappa shape index (κ1) is 16.0. The third-order valence-electron chi connectivity index (χ3n) is 2.58. The van der Waals surface area contributed by atoms with Crippen LogP contribution in [0.3, 0.4) is 0 Å². The van der Waals surface area contributed by atoms with Crippen LogP contribution in [0.25, 0.3) is 5.57 Å². The number of nitro benzene ring substituents is 1. The quantitative estimate of drug-likeness (QED) is 0.395. The molecule has 1 aromatic heterocycles. The van der Waals surface area contributed by atoms with Crippen LogP contribution in [-0.4, -0.2) is 36.6 Å². The second-order valence-corrected chi connectivity index (χ2v) is 4.82. The molecule has 0 amide bonds. The zero-order chi connectivity index (χ0) is 17.0. The zero-order valence-corrected chi connectivity index (χ0v) is 12.6. The van der Waals surface area contributed by atoms with E-state index in [0.29, 0.717) is 0 Å². The number of carbonyl (C=O) groups is 1. The summed E-state index contributed by atoms with van der Waals surface area (Å²) in [5, 5.41) is 44.4. The minimum Gasteiger partial charge on any atom is -0.478 e. The molecule has 12 heteroatoms. The van der Waals surface area contributed by atoms with Gasteiger partial charge in [0.2, 0.25) is 5.82 Å². The van der Waals surface area contributed by atoms with Gasteiger partial charge in [-0.2, -0.15) is 10.5 Å². The summed E-state index contributed by atoms with van der Waals surface area (Å²) in [5.41, 5.74) is -0.770. The van der Waals surface area contributed by atoms with Crippen molar-refractivity contribution < 1.29 is 14.8 Å². The van der Waals surface area contributed by atoms with Crippen LogP contribution in [0.15, 0.2) is 22.8 Å². The van der Waals surface area contributed by atoms with E-state index in [0.717, 1.165) is 12.3 Å². The largest absolute Gasteiger partial charge is 0.478 e. The van der Waals surface area contributed by atoms with Crippen LogP contribution in [-0.2, 0) is 0 Å². The van der Waals surface area contributed by atoms with Crippen molar-refractivity contribution in [2.75, 3.05) is 5.32 Å². The van der Waals surface area contributed by atoms with Crippen molar-refractivity contribution in [2.24, 2.45) is 0 Å². The molecule has 3 N–H and O–H groups in total. The molecule has 116 valence electrons. The fourth-order valence-corrected chi connectivity index (χ4v) is 2.13. The highest BCUT2D eigenvalue weighted by atomic mass is 79.9. The number of aromatic nitrogens is 4. The number of nitrogens with one attached hydrogen (secondary N) is 2. The summed E-state index contributed by atoms with van der Waals surface area (Å²) in [5.74, 6) is -1.30. The number of benzene rings is 1. The Hall–Kier alpha value is -3.33. The van der Waals surface area contributed by atoms with Crippen molar-refractivity contribution in [3.63, 3.8) is 0 Å². The SMILES string of the molecule is N#CC(=CNc1c(Br)cc(C(=O)O)cc1[N+](=O)[O-])c1nn[nH]n1. The number of aromatic carboxylic acids is 1. The normalized spacial score (nSPS) is 10.9. The van der Waals surface area contributed by atoms with Crippen molar-refractivity contribution >= 4 is 38.8 Å². The number of halogens is 1. The molecular formula is C11H6BrN7O4. The summed E-state index contributed by atoms with van der Waals surface area (Å²) in [7, 11) is 0. The fraction of sp³-hybridized carbons (Fsp3) is 0. The van der Waals surface area contributed by atoms with Crippen LogP contribution in [0.4, 0.5) is 11.4 Å². The summed E-state index contributed by atoms with van der Waals surface area (Å²) in [4.78, 5) is 21.3. The van der Waals surface area contributed by atoms with Crippen molar-refractivity contribution in [1.82, 2.24) is 20.6 Å². The highest BCUT2D eigenvalue weighted by Gasteiger charge is 2.21.